The molecule has 0 fully saturated rings. The fourth-order valence-electron chi connectivity index (χ4n) is 1.46. The highest BCUT2D eigenvalue weighted by molar-refractivity contribution is 14.1. The predicted molar refractivity (Wildman–Crippen MR) is 69.4 cm³/mol. The molecule has 0 aromatic heterocycles. The molecule has 1 atom stereocenters. The van der Waals surface area contributed by atoms with E-state index in [1.165, 1.54) is 0 Å². The molecule has 0 aliphatic heterocycles. The van der Waals surface area contributed by atoms with Crippen molar-refractivity contribution in [2.75, 3.05) is 0 Å². The lowest BCUT2D eigenvalue weighted by molar-refractivity contribution is -0.385. The second kappa shape index (κ2) is 6.05. The molecule has 15 heavy (non-hydrogen) atoms. The van der Waals surface area contributed by atoms with Gasteiger partial charge in [-0.25, -0.2) is 0 Å². The van der Waals surface area contributed by atoms with Crippen LogP contribution in [-0.4, -0.2) is 4.92 Å². The van der Waals surface area contributed by atoms with E-state index >= 15 is 0 Å². The molecule has 0 amide bonds. The Morgan fingerprint density at radius 1 is 1.47 bits per heavy atom. The Morgan fingerprint density at radius 2 is 2.13 bits per heavy atom. The Hall–Kier alpha value is -0.650. The molecule has 0 N–H and O–H groups in total. The van der Waals surface area contributed by atoms with Gasteiger partial charge in [0.15, 0.2) is 0 Å². The lowest BCUT2D eigenvalue weighted by Crippen LogP contribution is -1.97. The Bertz CT molecular complexity index is 341. The van der Waals surface area contributed by atoms with E-state index in [0.29, 0.717) is 0 Å². The summed E-state index contributed by atoms with van der Waals surface area (Å²) in [5.74, 6) is 0. The molecule has 1 aromatic carbocycles. The van der Waals surface area contributed by atoms with E-state index in [2.05, 4.69) is 29.5 Å². The molecule has 0 heterocycles. The van der Waals surface area contributed by atoms with E-state index in [0.717, 1.165) is 24.8 Å². The summed E-state index contributed by atoms with van der Waals surface area (Å²) in [4.78, 5) is 10.5. The normalized spacial score (nSPS) is 12.4. The molecule has 0 radical (unpaired) electrons. The number of hydrogen-bond acceptors (Lipinski definition) is 2. The second-order valence-electron chi connectivity index (χ2n) is 3.43. The number of rotatable bonds is 5. The van der Waals surface area contributed by atoms with Gasteiger partial charge in [0.1, 0.15) is 0 Å². The largest absolute Gasteiger partial charge is 0.273 e. The lowest BCUT2D eigenvalue weighted by atomic mass is 10.1. The van der Waals surface area contributed by atoms with Crippen molar-refractivity contribution < 1.29 is 4.92 Å². The summed E-state index contributed by atoms with van der Waals surface area (Å²) in [6.07, 6.45) is 3.24. The number of benzene rings is 1. The third kappa shape index (κ3) is 3.44. The summed E-state index contributed by atoms with van der Waals surface area (Å²) >= 11 is 2.29. The molecule has 0 aliphatic rings. The second-order valence-corrected chi connectivity index (χ2v) is 4.93. The van der Waals surface area contributed by atoms with Gasteiger partial charge in [-0.1, -0.05) is 60.6 Å². The summed E-state index contributed by atoms with van der Waals surface area (Å²) in [5, 5.41) is 10.8. The summed E-state index contributed by atoms with van der Waals surface area (Å²) < 4.78 is 0.240. The van der Waals surface area contributed by atoms with Gasteiger partial charge in [0.2, 0.25) is 0 Å². The number of hydrogen-bond donors (Lipinski definition) is 0. The van der Waals surface area contributed by atoms with Crippen LogP contribution in [0.1, 0.15) is 35.7 Å². The fraction of sp³-hybridized carbons (Fsp3) is 0.455. The standard InChI is InChI=1S/C11H14INO2/c1-2-3-7-10(12)9-6-4-5-8-11(9)13(14)15/h4-6,8,10H,2-3,7H2,1H3. The average Bonchev–Trinajstić information content (AvgIpc) is 2.25. The van der Waals surface area contributed by atoms with Crippen LogP contribution < -0.4 is 0 Å². The average molecular weight is 319 g/mol. The lowest BCUT2D eigenvalue weighted by Gasteiger charge is -2.09. The molecule has 1 unspecified atom stereocenters. The number of halogens is 1. The zero-order chi connectivity index (χ0) is 11.3. The van der Waals surface area contributed by atoms with Crippen LogP contribution in [0.5, 0.6) is 0 Å². The van der Waals surface area contributed by atoms with Crippen LogP contribution in [0, 0.1) is 10.1 Å². The topological polar surface area (TPSA) is 43.1 Å². The fourth-order valence-corrected chi connectivity index (χ4v) is 2.42. The van der Waals surface area contributed by atoms with Crippen molar-refractivity contribution in [1.29, 1.82) is 0 Å². The third-order valence-corrected chi connectivity index (χ3v) is 3.58. The van der Waals surface area contributed by atoms with Crippen LogP contribution in [0.15, 0.2) is 24.3 Å². The minimum absolute atomic E-state index is 0.240. The minimum Gasteiger partial charge on any atom is -0.258 e. The molecule has 82 valence electrons. The van der Waals surface area contributed by atoms with Crippen LogP contribution in [-0.2, 0) is 0 Å². The van der Waals surface area contributed by atoms with Crippen LogP contribution in [0.4, 0.5) is 5.69 Å². The quantitative estimate of drug-likeness (QED) is 0.352. The van der Waals surface area contributed by atoms with E-state index in [9.17, 15) is 10.1 Å². The van der Waals surface area contributed by atoms with Gasteiger partial charge >= 0.3 is 0 Å². The SMILES string of the molecule is CCCCC(I)c1ccccc1[N+](=O)[O-]. The molecule has 0 aliphatic carbocycles. The van der Waals surface area contributed by atoms with Crippen molar-refractivity contribution in [1.82, 2.24) is 0 Å². The van der Waals surface area contributed by atoms with Crippen LogP contribution in [0.25, 0.3) is 0 Å². The summed E-state index contributed by atoms with van der Waals surface area (Å²) in [5.41, 5.74) is 1.09. The molecule has 4 heteroatoms. The van der Waals surface area contributed by atoms with Gasteiger partial charge in [-0.3, -0.25) is 10.1 Å². The van der Waals surface area contributed by atoms with Crippen molar-refractivity contribution in [3.8, 4) is 0 Å². The first-order valence-corrected chi connectivity index (χ1v) is 6.28. The Labute approximate surface area is 103 Å². The Morgan fingerprint density at radius 3 is 2.73 bits per heavy atom. The van der Waals surface area contributed by atoms with Gasteiger partial charge in [0.25, 0.3) is 5.69 Å². The molecule has 0 spiro atoms. The number of nitro groups is 1. The van der Waals surface area contributed by atoms with Gasteiger partial charge in [0.05, 0.1) is 4.92 Å². The monoisotopic (exact) mass is 319 g/mol. The van der Waals surface area contributed by atoms with Crippen LogP contribution >= 0.6 is 22.6 Å². The maximum atomic E-state index is 10.8. The number of unbranched alkanes of at least 4 members (excludes halogenated alkanes) is 1. The predicted octanol–water partition coefficient (Wildman–Crippen LogP) is 4.26. The molecular weight excluding hydrogens is 305 g/mol. The van der Waals surface area contributed by atoms with E-state index in [-0.39, 0.29) is 14.5 Å². The molecule has 0 bridgehead atoms. The van der Waals surface area contributed by atoms with Crippen molar-refractivity contribution in [2.24, 2.45) is 0 Å². The minimum atomic E-state index is -0.299. The summed E-state index contributed by atoms with van der Waals surface area (Å²) in [6, 6.07) is 7.00. The smallest absolute Gasteiger partial charge is 0.258 e. The van der Waals surface area contributed by atoms with Crippen LogP contribution in [0.2, 0.25) is 0 Å². The van der Waals surface area contributed by atoms with E-state index < -0.39 is 0 Å². The van der Waals surface area contributed by atoms with Crippen molar-refractivity contribution in [3.63, 3.8) is 0 Å². The zero-order valence-corrected chi connectivity index (χ0v) is 10.8. The summed E-state index contributed by atoms with van der Waals surface area (Å²) in [6.45, 7) is 2.13. The highest BCUT2D eigenvalue weighted by Crippen LogP contribution is 2.34. The van der Waals surface area contributed by atoms with Crippen molar-refractivity contribution >= 4 is 28.3 Å². The Balaban J connectivity index is 2.87. The highest BCUT2D eigenvalue weighted by atomic mass is 127. The number of alkyl halides is 1. The summed E-state index contributed by atoms with van der Waals surface area (Å²) in [7, 11) is 0. The molecule has 0 saturated carbocycles. The molecular formula is C11H14INO2. The van der Waals surface area contributed by atoms with E-state index in [4.69, 9.17) is 0 Å². The van der Waals surface area contributed by atoms with Gasteiger partial charge in [-0.05, 0) is 6.42 Å². The Kier molecular flexibility index (Phi) is 5.01. The first-order valence-electron chi connectivity index (χ1n) is 5.04. The number of para-hydroxylation sites is 1. The first kappa shape index (κ1) is 12.4. The molecule has 0 saturated heterocycles. The van der Waals surface area contributed by atoms with Gasteiger partial charge in [-0.2, -0.15) is 0 Å². The highest BCUT2D eigenvalue weighted by Gasteiger charge is 2.18. The number of nitrogens with zero attached hydrogens (tertiary/aromatic N) is 1. The van der Waals surface area contributed by atoms with E-state index in [1.807, 2.05) is 12.1 Å². The van der Waals surface area contributed by atoms with Gasteiger partial charge in [-0.15, -0.1) is 0 Å². The maximum Gasteiger partial charge on any atom is 0.273 e. The van der Waals surface area contributed by atoms with Crippen molar-refractivity contribution in [3.05, 3.63) is 39.9 Å². The molecule has 3 nitrogen and oxygen atoms in total. The van der Waals surface area contributed by atoms with Gasteiger partial charge < -0.3 is 0 Å². The molecule has 1 rings (SSSR count). The number of nitro benzene ring substituents is 1. The molecule has 1 aromatic rings. The third-order valence-electron chi connectivity index (χ3n) is 2.28. The van der Waals surface area contributed by atoms with E-state index in [1.54, 1.807) is 12.1 Å². The first-order chi connectivity index (χ1) is 7.16. The van der Waals surface area contributed by atoms with Gasteiger partial charge in [0, 0.05) is 15.6 Å². The van der Waals surface area contributed by atoms with Crippen molar-refractivity contribution in [2.45, 2.75) is 30.1 Å². The zero-order valence-electron chi connectivity index (χ0n) is 8.65. The maximum absolute atomic E-state index is 10.8. The van der Waals surface area contributed by atoms with Crippen LogP contribution in [0.3, 0.4) is 0 Å².